The summed E-state index contributed by atoms with van der Waals surface area (Å²) in [4.78, 5) is 2.99. The molecule has 1 atom stereocenters. The SMILES string of the molecule is CCC(C)(C)n1nnnc1[C@@H](c1cc(OC)c(OC)c(OC)c1)[NH+]1CC[NH+](C)CC1. The van der Waals surface area contributed by atoms with Gasteiger partial charge in [0.05, 0.1) is 33.9 Å². The Morgan fingerprint density at radius 1 is 1.03 bits per heavy atom. The molecule has 30 heavy (non-hydrogen) atoms. The van der Waals surface area contributed by atoms with Crippen molar-refractivity contribution in [1.82, 2.24) is 20.2 Å². The summed E-state index contributed by atoms with van der Waals surface area (Å²) in [6.45, 7) is 10.8. The molecule has 2 N–H and O–H groups in total. The van der Waals surface area contributed by atoms with E-state index in [4.69, 9.17) is 14.2 Å². The highest BCUT2D eigenvalue weighted by Gasteiger charge is 2.38. The molecule has 1 aromatic heterocycles. The number of benzene rings is 1. The second-order valence-corrected chi connectivity index (χ2v) is 8.62. The molecule has 3 rings (SSSR count). The van der Waals surface area contributed by atoms with Crippen LogP contribution in [-0.2, 0) is 5.54 Å². The zero-order chi connectivity index (χ0) is 21.9. The molecule has 1 fully saturated rings. The van der Waals surface area contributed by atoms with E-state index in [0.29, 0.717) is 17.2 Å². The molecule has 166 valence electrons. The number of nitrogens with one attached hydrogen (secondary N) is 2. The average Bonchev–Trinajstić information content (AvgIpc) is 3.24. The first-order valence-electron chi connectivity index (χ1n) is 10.6. The molecule has 0 radical (unpaired) electrons. The summed E-state index contributed by atoms with van der Waals surface area (Å²) >= 11 is 0. The van der Waals surface area contributed by atoms with Gasteiger partial charge in [-0.25, -0.2) is 4.68 Å². The first-order chi connectivity index (χ1) is 14.4. The first-order valence-corrected chi connectivity index (χ1v) is 10.6. The Morgan fingerprint density at radius 2 is 1.63 bits per heavy atom. The van der Waals surface area contributed by atoms with Crippen molar-refractivity contribution >= 4 is 0 Å². The number of piperazine rings is 1. The highest BCUT2D eigenvalue weighted by atomic mass is 16.5. The maximum atomic E-state index is 5.63. The lowest BCUT2D eigenvalue weighted by Crippen LogP contribution is -3.27. The highest BCUT2D eigenvalue weighted by Crippen LogP contribution is 2.40. The van der Waals surface area contributed by atoms with Crippen LogP contribution in [0.2, 0.25) is 0 Å². The van der Waals surface area contributed by atoms with Crippen molar-refractivity contribution in [1.29, 1.82) is 0 Å². The van der Waals surface area contributed by atoms with Crippen LogP contribution in [0.3, 0.4) is 0 Å². The van der Waals surface area contributed by atoms with Gasteiger partial charge in [0, 0.05) is 5.56 Å². The fourth-order valence-electron chi connectivity index (χ4n) is 4.08. The van der Waals surface area contributed by atoms with Crippen LogP contribution in [0.15, 0.2) is 12.1 Å². The highest BCUT2D eigenvalue weighted by molar-refractivity contribution is 5.54. The maximum absolute atomic E-state index is 5.63. The van der Waals surface area contributed by atoms with E-state index in [0.717, 1.165) is 44.0 Å². The topological polar surface area (TPSA) is 80.2 Å². The van der Waals surface area contributed by atoms with Gasteiger partial charge in [0.15, 0.2) is 17.5 Å². The van der Waals surface area contributed by atoms with Crippen LogP contribution in [-0.4, -0.2) is 74.8 Å². The van der Waals surface area contributed by atoms with Crippen molar-refractivity contribution in [2.45, 2.75) is 38.8 Å². The lowest BCUT2D eigenvalue weighted by molar-refractivity contribution is -1.02. The van der Waals surface area contributed by atoms with E-state index in [1.54, 1.807) is 26.2 Å². The minimum absolute atomic E-state index is 0.0346. The first kappa shape index (κ1) is 22.3. The van der Waals surface area contributed by atoms with Crippen LogP contribution in [0.5, 0.6) is 17.2 Å². The van der Waals surface area contributed by atoms with E-state index >= 15 is 0 Å². The van der Waals surface area contributed by atoms with Gasteiger partial charge in [0.1, 0.15) is 26.2 Å². The molecule has 1 saturated heterocycles. The number of tetrazole rings is 1. The molecule has 0 amide bonds. The molecule has 2 aromatic rings. The molecule has 0 unspecified atom stereocenters. The van der Waals surface area contributed by atoms with Crippen LogP contribution in [0.1, 0.15) is 44.6 Å². The molecule has 1 aliphatic heterocycles. The Hall–Kier alpha value is -2.39. The third-order valence-corrected chi connectivity index (χ3v) is 6.36. The van der Waals surface area contributed by atoms with Gasteiger partial charge >= 0.3 is 0 Å². The van der Waals surface area contributed by atoms with Crippen molar-refractivity contribution in [3.05, 3.63) is 23.5 Å². The van der Waals surface area contributed by atoms with Crippen LogP contribution in [0.25, 0.3) is 0 Å². The zero-order valence-corrected chi connectivity index (χ0v) is 19.3. The quantitative estimate of drug-likeness (QED) is 0.591. The number of hydrogen-bond acceptors (Lipinski definition) is 6. The zero-order valence-electron chi connectivity index (χ0n) is 19.3. The predicted octanol–water partition coefficient (Wildman–Crippen LogP) is -0.653. The summed E-state index contributed by atoms with van der Waals surface area (Å²) in [5.41, 5.74) is 0.872. The number of methoxy groups -OCH3 is 3. The Balaban J connectivity index is 2.16. The Kier molecular flexibility index (Phi) is 6.82. The number of likely N-dealkylation sites (N-methyl/N-ethyl adjacent to an activating group) is 1. The summed E-state index contributed by atoms with van der Waals surface area (Å²) in [7, 11) is 7.16. The van der Waals surface area contributed by atoms with Gasteiger partial charge < -0.3 is 24.0 Å². The molecule has 0 aliphatic carbocycles. The molecule has 2 heterocycles. The minimum atomic E-state index is -0.186. The molecule has 9 nitrogen and oxygen atoms in total. The van der Waals surface area contributed by atoms with Crippen molar-refractivity contribution in [2.75, 3.05) is 54.6 Å². The van der Waals surface area contributed by atoms with Crippen LogP contribution < -0.4 is 24.0 Å². The maximum Gasteiger partial charge on any atom is 0.214 e. The van der Waals surface area contributed by atoms with E-state index in [1.807, 2.05) is 16.8 Å². The summed E-state index contributed by atoms with van der Waals surface area (Å²) in [6, 6.07) is 4.03. The van der Waals surface area contributed by atoms with Gasteiger partial charge in [-0.3, -0.25) is 0 Å². The third-order valence-electron chi connectivity index (χ3n) is 6.36. The van der Waals surface area contributed by atoms with Crippen LogP contribution >= 0.6 is 0 Å². The number of nitrogens with zero attached hydrogens (tertiary/aromatic N) is 4. The van der Waals surface area contributed by atoms with E-state index in [2.05, 4.69) is 43.3 Å². The fourth-order valence-corrected chi connectivity index (χ4v) is 4.08. The molecule has 9 heteroatoms. The standard InChI is InChI=1S/C21H34N6O3/c1-8-21(2,3)27-20(22-23-24-27)18(26-11-9-25(4)10-12-26)15-13-16(28-5)19(30-7)17(14-15)29-6/h13-14,18H,8-12H2,1-7H3/p+2/t18-/m1/s1. The van der Waals surface area contributed by atoms with E-state index in [9.17, 15) is 0 Å². The van der Waals surface area contributed by atoms with E-state index < -0.39 is 0 Å². The number of rotatable bonds is 8. The monoisotopic (exact) mass is 420 g/mol. The van der Waals surface area contributed by atoms with Crippen molar-refractivity contribution in [3.63, 3.8) is 0 Å². The van der Waals surface area contributed by atoms with E-state index in [1.165, 1.54) is 4.90 Å². The second kappa shape index (κ2) is 9.18. The third kappa shape index (κ3) is 4.22. The second-order valence-electron chi connectivity index (χ2n) is 8.62. The van der Waals surface area contributed by atoms with Crippen LogP contribution in [0, 0.1) is 0 Å². The smallest absolute Gasteiger partial charge is 0.214 e. The van der Waals surface area contributed by atoms with Gasteiger partial charge in [-0.1, -0.05) is 6.92 Å². The average molecular weight is 421 g/mol. The molecule has 0 spiro atoms. The van der Waals surface area contributed by atoms with E-state index in [-0.39, 0.29) is 11.6 Å². The molecule has 1 aromatic carbocycles. The summed E-state index contributed by atoms with van der Waals surface area (Å²) < 4.78 is 18.8. The van der Waals surface area contributed by atoms with Crippen LogP contribution in [0.4, 0.5) is 0 Å². The molecular weight excluding hydrogens is 384 g/mol. The molecular formula is C21H36N6O3+2. The summed E-state index contributed by atoms with van der Waals surface area (Å²) in [5.74, 6) is 2.74. The lowest BCUT2D eigenvalue weighted by atomic mass is 9.98. The summed E-state index contributed by atoms with van der Waals surface area (Å²) in [6.07, 6.45) is 0.926. The van der Waals surface area contributed by atoms with Gasteiger partial charge in [-0.05, 0) is 42.8 Å². The normalized spacial score (nSPS) is 20.6. The number of quaternary nitrogens is 2. The summed E-state index contributed by atoms with van der Waals surface area (Å²) in [5, 5.41) is 13.0. The predicted molar refractivity (Wildman–Crippen MR) is 113 cm³/mol. The Bertz CT molecular complexity index is 820. The van der Waals surface area contributed by atoms with Gasteiger partial charge in [0.25, 0.3) is 0 Å². The fraction of sp³-hybridized carbons (Fsp3) is 0.667. The molecule has 0 saturated carbocycles. The Morgan fingerprint density at radius 3 is 2.13 bits per heavy atom. The van der Waals surface area contributed by atoms with Crippen molar-refractivity contribution < 1.29 is 24.0 Å². The number of ether oxygens (including phenoxy) is 3. The molecule has 1 aliphatic rings. The number of hydrogen-bond donors (Lipinski definition) is 2. The van der Waals surface area contributed by atoms with Crippen molar-refractivity contribution in [2.24, 2.45) is 0 Å². The van der Waals surface area contributed by atoms with Gasteiger partial charge in [-0.2, -0.15) is 0 Å². The lowest BCUT2D eigenvalue weighted by Gasteiger charge is -2.34. The minimum Gasteiger partial charge on any atom is -0.493 e. The number of aromatic nitrogens is 4. The molecule has 0 bridgehead atoms. The van der Waals surface area contributed by atoms with Gasteiger partial charge in [0.2, 0.25) is 11.6 Å². The Labute approximate surface area is 178 Å². The largest absolute Gasteiger partial charge is 0.493 e. The van der Waals surface area contributed by atoms with Gasteiger partial charge in [-0.15, -0.1) is 5.10 Å². The van der Waals surface area contributed by atoms with Crippen molar-refractivity contribution in [3.8, 4) is 17.2 Å².